The van der Waals surface area contributed by atoms with Gasteiger partial charge in [-0.05, 0) is 12.1 Å². The second-order valence-corrected chi connectivity index (χ2v) is 3.58. The van der Waals surface area contributed by atoms with E-state index in [9.17, 15) is 14.9 Å². The highest BCUT2D eigenvalue weighted by Gasteiger charge is 2.21. The summed E-state index contributed by atoms with van der Waals surface area (Å²) >= 11 is 0. The molecule has 1 aromatic heterocycles. The molecule has 0 bridgehead atoms. The Balaban J connectivity index is 2.35. The summed E-state index contributed by atoms with van der Waals surface area (Å²) in [6, 6.07) is 5.62. The highest BCUT2D eigenvalue weighted by molar-refractivity contribution is 6.07. The van der Waals surface area contributed by atoms with Gasteiger partial charge in [-0.25, -0.2) is 0 Å². The lowest BCUT2D eigenvalue weighted by Gasteiger charge is -2.05. The summed E-state index contributed by atoms with van der Waals surface area (Å²) in [4.78, 5) is 22.3. The number of nitro benzene ring substituents is 1. The molecule has 0 saturated carbocycles. The van der Waals surface area contributed by atoms with Crippen molar-refractivity contribution in [1.82, 2.24) is 5.16 Å². The molecule has 1 amide bonds. The van der Waals surface area contributed by atoms with E-state index < -0.39 is 10.8 Å². The third-order valence-electron chi connectivity index (χ3n) is 2.41. The van der Waals surface area contributed by atoms with Crippen LogP contribution in [0.15, 0.2) is 35.1 Å². The van der Waals surface area contributed by atoms with Crippen molar-refractivity contribution >= 4 is 23.1 Å². The number of rotatable bonds is 4. The van der Waals surface area contributed by atoms with Crippen molar-refractivity contribution in [2.45, 2.75) is 0 Å². The molecule has 0 saturated heterocycles. The van der Waals surface area contributed by atoms with Crippen LogP contribution in [0.4, 0.5) is 17.2 Å². The van der Waals surface area contributed by atoms with Crippen LogP contribution in [0.1, 0.15) is 10.4 Å². The maximum Gasteiger partial charge on any atom is 0.282 e. The monoisotopic (exact) mass is 262 g/mol. The van der Waals surface area contributed by atoms with Crippen molar-refractivity contribution in [1.29, 1.82) is 0 Å². The van der Waals surface area contributed by atoms with E-state index in [0.29, 0.717) is 5.69 Å². The van der Waals surface area contributed by atoms with Gasteiger partial charge in [0.1, 0.15) is 11.8 Å². The number of nitrogens with zero attached hydrogens (tertiary/aromatic N) is 2. The van der Waals surface area contributed by atoms with Gasteiger partial charge in [-0.1, -0.05) is 5.16 Å². The van der Waals surface area contributed by atoms with Gasteiger partial charge in [0, 0.05) is 24.9 Å². The van der Waals surface area contributed by atoms with E-state index in [1.165, 1.54) is 30.5 Å². The van der Waals surface area contributed by atoms with E-state index in [4.69, 9.17) is 0 Å². The Bertz CT molecular complexity index is 609. The fraction of sp³-hybridized carbons (Fsp3) is 0.0909. The molecule has 0 aliphatic rings. The van der Waals surface area contributed by atoms with E-state index in [2.05, 4.69) is 20.3 Å². The van der Waals surface area contributed by atoms with Gasteiger partial charge in [0.2, 0.25) is 0 Å². The van der Waals surface area contributed by atoms with E-state index in [-0.39, 0.29) is 17.1 Å². The van der Waals surface area contributed by atoms with Crippen LogP contribution in [-0.2, 0) is 0 Å². The third-order valence-corrected chi connectivity index (χ3v) is 2.41. The van der Waals surface area contributed by atoms with Gasteiger partial charge in [-0.3, -0.25) is 14.9 Å². The van der Waals surface area contributed by atoms with Crippen molar-refractivity contribution in [3.63, 3.8) is 0 Å². The zero-order valence-corrected chi connectivity index (χ0v) is 9.91. The Morgan fingerprint density at radius 1 is 1.42 bits per heavy atom. The Kier molecular flexibility index (Phi) is 3.42. The molecule has 0 aliphatic heterocycles. The predicted octanol–water partition coefficient (Wildman–Crippen LogP) is 1.88. The number of benzene rings is 1. The summed E-state index contributed by atoms with van der Waals surface area (Å²) in [5.74, 6) is -0.438. The van der Waals surface area contributed by atoms with Crippen molar-refractivity contribution in [3.8, 4) is 0 Å². The summed E-state index contributed by atoms with van der Waals surface area (Å²) < 4.78 is 4.56. The summed E-state index contributed by atoms with van der Waals surface area (Å²) in [5.41, 5.74) is 0.260. The molecular formula is C11H10N4O4. The zero-order valence-electron chi connectivity index (χ0n) is 9.91. The molecule has 98 valence electrons. The average Bonchev–Trinajstić information content (AvgIpc) is 2.90. The lowest BCUT2D eigenvalue weighted by molar-refractivity contribution is -0.385. The number of nitrogens with one attached hydrogen (secondary N) is 2. The van der Waals surface area contributed by atoms with Crippen LogP contribution in [0.5, 0.6) is 0 Å². The molecule has 0 spiro atoms. The second kappa shape index (κ2) is 5.17. The Hall–Kier alpha value is -2.90. The van der Waals surface area contributed by atoms with Crippen LogP contribution < -0.4 is 10.6 Å². The number of nitro groups is 1. The average molecular weight is 262 g/mol. The Morgan fingerprint density at radius 2 is 2.21 bits per heavy atom. The maximum absolute atomic E-state index is 12.0. The van der Waals surface area contributed by atoms with Crippen molar-refractivity contribution < 1.29 is 14.2 Å². The number of hydrogen-bond donors (Lipinski definition) is 2. The number of carbonyl (C=O) groups excluding carboxylic acids is 1. The molecule has 8 heteroatoms. The van der Waals surface area contributed by atoms with Crippen molar-refractivity contribution in [2.24, 2.45) is 0 Å². The smallest absolute Gasteiger partial charge is 0.282 e. The lowest BCUT2D eigenvalue weighted by atomic mass is 10.1. The zero-order chi connectivity index (χ0) is 13.8. The number of carbonyl (C=O) groups is 1. The fourth-order valence-electron chi connectivity index (χ4n) is 1.49. The summed E-state index contributed by atoms with van der Waals surface area (Å²) in [6.07, 6.45) is 1.29. The van der Waals surface area contributed by atoms with Crippen LogP contribution in [0.2, 0.25) is 0 Å². The SMILES string of the molecule is CNc1ccc([N+](=O)[O-])c(C(=O)Nc2ccon2)c1. The number of hydrogen-bond acceptors (Lipinski definition) is 6. The first-order valence-corrected chi connectivity index (χ1v) is 5.29. The Labute approximate surface area is 107 Å². The minimum atomic E-state index is -0.627. The molecule has 0 fully saturated rings. The number of aromatic nitrogens is 1. The third kappa shape index (κ3) is 2.68. The molecule has 0 unspecified atom stereocenters. The fourth-order valence-corrected chi connectivity index (χ4v) is 1.49. The van der Waals surface area contributed by atoms with Crippen molar-refractivity contribution in [2.75, 3.05) is 17.7 Å². The van der Waals surface area contributed by atoms with E-state index >= 15 is 0 Å². The van der Waals surface area contributed by atoms with Crippen LogP contribution in [0.25, 0.3) is 0 Å². The van der Waals surface area contributed by atoms with E-state index in [1.807, 2.05) is 0 Å². The van der Waals surface area contributed by atoms with Gasteiger partial charge in [0.15, 0.2) is 5.82 Å². The molecule has 8 nitrogen and oxygen atoms in total. The molecule has 2 rings (SSSR count). The minimum Gasteiger partial charge on any atom is -0.388 e. The van der Waals surface area contributed by atoms with Gasteiger partial charge in [-0.15, -0.1) is 0 Å². The molecule has 0 atom stereocenters. The standard InChI is InChI=1S/C11H10N4O4/c1-12-7-2-3-9(15(17)18)8(6-7)11(16)13-10-4-5-19-14-10/h2-6,12H,1H3,(H,13,14,16). The van der Waals surface area contributed by atoms with Crippen LogP contribution >= 0.6 is 0 Å². The van der Waals surface area contributed by atoms with Crippen LogP contribution in [0.3, 0.4) is 0 Å². The van der Waals surface area contributed by atoms with Crippen molar-refractivity contribution in [3.05, 3.63) is 46.2 Å². The second-order valence-electron chi connectivity index (χ2n) is 3.58. The van der Waals surface area contributed by atoms with Gasteiger partial charge < -0.3 is 15.2 Å². The first kappa shape index (κ1) is 12.6. The molecule has 1 aromatic carbocycles. The molecule has 2 aromatic rings. The van der Waals surface area contributed by atoms with Gasteiger partial charge in [0.05, 0.1) is 4.92 Å². The summed E-state index contributed by atoms with van der Waals surface area (Å²) in [5, 5.41) is 19.6. The highest BCUT2D eigenvalue weighted by atomic mass is 16.6. The predicted molar refractivity (Wildman–Crippen MR) is 67.1 cm³/mol. The topological polar surface area (TPSA) is 110 Å². The first-order valence-electron chi connectivity index (χ1n) is 5.29. The van der Waals surface area contributed by atoms with Crippen LogP contribution in [-0.4, -0.2) is 23.0 Å². The summed E-state index contributed by atoms with van der Waals surface area (Å²) in [6.45, 7) is 0. The normalized spacial score (nSPS) is 9.95. The van der Waals surface area contributed by atoms with E-state index in [1.54, 1.807) is 7.05 Å². The van der Waals surface area contributed by atoms with E-state index in [0.717, 1.165) is 0 Å². The quantitative estimate of drug-likeness (QED) is 0.642. The number of amides is 1. The largest absolute Gasteiger partial charge is 0.388 e. The van der Waals surface area contributed by atoms with Gasteiger partial charge >= 0.3 is 0 Å². The molecule has 2 N–H and O–H groups in total. The highest BCUT2D eigenvalue weighted by Crippen LogP contribution is 2.23. The molecule has 19 heavy (non-hydrogen) atoms. The molecular weight excluding hydrogens is 252 g/mol. The molecule has 0 radical (unpaired) electrons. The molecule has 0 aliphatic carbocycles. The molecule has 1 heterocycles. The van der Waals surface area contributed by atoms with Gasteiger partial charge in [0.25, 0.3) is 11.6 Å². The lowest BCUT2D eigenvalue weighted by Crippen LogP contribution is -2.14. The Morgan fingerprint density at radius 3 is 2.79 bits per heavy atom. The minimum absolute atomic E-state index is 0.0557. The first-order chi connectivity index (χ1) is 9.11. The maximum atomic E-state index is 12.0. The van der Waals surface area contributed by atoms with Crippen LogP contribution in [0, 0.1) is 10.1 Å². The summed E-state index contributed by atoms with van der Waals surface area (Å²) in [7, 11) is 1.65. The number of anilines is 2. The van der Waals surface area contributed by atoms with Gasteiger partial charge in [-0.2, -0.15) is 0 Å².